The molecule has 1 aromatic carbocycles. The largest absolute Gasteiger partial charge is 0.310 e. The summed E-state index contributed by atoms with van der Waals surface area (Å²) >= 11 is 9.50. The fourth-order valence-electron chi connectivity index (χ4n) is 1.53. The molecule has 1 aliphatic rings. The van der Waals surface area contributed by atoms with Crippen LogP contribution in [0.3, 0.4) is 0 Å². The van der Waals surface area contributed by atoms with Gasteiger partial charge in [-0.15, -0.1) is 0 Å². The Kier molecular flexibility index (Phi) is 3.47. The zero-order valence-corrected chi connectivity index (χ0v) is 10.2. The summed E-state index contributed by atoms with van der Waals surface area (Å²) in [5.41, 5.74) is 1.18. The highest BCUT2D eigenvalue weighted by molar-refractivity contribution is 9.10. The highest BCUT2D eigenvalue weighted by Gasteiger charge is 2.16. The highest BCUT2D eigenvalue weighted by atomic mass is 79.9. The van der Waals surface area contributed by atoms with Gasteiger partial charge in [0.25, 0.3) is 0 Å². The average molecular weight is 275 g/mol. The molecule has 3 heteroatoms. The number of rotatable bonds is 3. The molecule has 1 fully saturated rings. The van der Waals surface area contributed by atoms with Crippen molar-refractivity contribution in [3.05, 3.63) is 33.3 Å². The monoisotopic (exact) mass is 273 g/mol. The molecule has 1 N–H and O–H groups in total. The minimum atomic E-state index is 0.717. The Morgan fingerprint density at radius 1 is 1.43 bits per heavy atom. The third-order valence-corrected chi connectivity index (χ3v) is 3.55. The lowest BCUT2D eigenvalue weighted by Crippen LogP contribution is -2.34. The van der Waals surface area contributed by atoms with E-state index in [0.717, 1.165) is 22.1 Å². The van der Waals surface area contributed by atoms with Crippen LogP contribution in [0.5, 0.6) is 0 Å². The number of hydrogen-bond acceptors (Lipinski definition) is 1. The summed E-state index contributed by atoms with van der Waals surface area (Å²) in [6.45, 7) is 0.886. The van der Waals surface area contributed by atoms with E-state index in [4.69, 9.17) is 11.6 Å². The van der Waals surface area contributed by atoms with Gasteiger partial charge in [-0.1, -0.05) is 40.0 Å². The van der Waals surface area contributed by atoms with Crippen molar-refractivity contribution in [2.75, 3.05) is 0 Å². The number of nitrogens with one attached hydrogen (secondary N) is 1. The average Bonchev–Trinajstić information content (AvgIpc) is 2.05. The minimum Gasteiger partial charge on any atom is -0.310 e. The van der Waals surface area contributed by atoms with E-state index in [0.29, 0.717) is 0 Å². The molecule has 0 atom stereocenters. The van der Waals surface area contributed by atoms with Crippen LogP contribution < -0.4 is 5.32 Å². The Bertz CT molecular complexity index is 323. The lowest BCUT2D eigenvalue weighted by Gasteiger charge is -2.26. The molecule has 1 saturated carbocycles. The molecular weight excluding hydrogens is 261 g/mol. The molecule has 0 unspecified atom stereocenters. The topological polar surface area (TPSA) is 12.0 Å². The molecule has 0 radical (unpaired) electrons. The number of halogens is 2. The van der Waals surface area contributed by atoms with Gasteiger partial charge in [-0.05, 0) is 30.5 Å². The summed E-state index contributed by atoms with van der Waals surface area (Å²) in [6, 6.07) is 6.76. The van der Waals surface area contributed by atoms with Gasteiger partial charge in [0.2, 0.25) is 0 Å². The van der Waals surface area contributed by atoms with Crippen molar-refractivity contribution in [3.63, 3.8) is 0 Å². The van der Waals surface area contributed by atoms with Gasteiger partial charge in [0.15, 0.2) is 0 Å². The molecule has 14 heavy (non-hydrogen) atoms. The predicted molar refractivity (Wildman–Crippen MR) is 63.6 cm³/mol. The maximum Gasteiger partial charge on any atom is 0.0462 e. The van der Waals surface area contributed by atoms with Crippen molar-refractivity contribution in [2.45, 2.75) is 31.8 Å². The van der Waals surface area contributed by atoms with Crippen LogP contribution in [0.15, 0.2) is 22.7 Å². The Hall–Kier alpha value is -0.0500. The van der Waals surface area contributed by atoms with Gasteiger partial charge in [-0.3, -0.25) is 0 Å². The number of hydrogen-bond donors (Lipinski definition) is 1. The maximum absolute atomic E-state index is 6.10. The molecule has 0 heterocycles. The predicted octanol–water partition coefficient (Wildman–Crippen LogP) is 3.74. The lowest BCUT2D eigenvalue weighted by atomic mass is 9.93. The summed E-state index contributed by atoms with van der Waals surface area (Å²) in [4.78, 5) is 0. The van der Waals surface area contributed by atoms with Crippen molar-refractivity contribution in [1.82, 2.24) is 5.32 Å². The molecular formula is C11H13BrClN. The fourth-order valence-corrected chi connectivity index (χ4v) is 2.27. The zero-order valence-electron chi connectivity index (χ0n) is 7.89. The minimum absolute atomic E-state index is 0.717. The SMILES string of the molecule is Clc1cc(Br)ccc1CNC1CCC1. The third-order valence-electron chi connectivity index (χ3n) is 2.70. The first-order chi connectivity index (χ1) is 6.75. The zero-order chi connectivity index (χ0) is 9.97. The van der Waals surface area contributed by atoms with Crippen LogP contribution in [-0.4, -0.2) is 6.04 Å². The number of benzene rings is 1. The van der Waals surface area contributed by atoms with Gasteiger partial charge in [-0.25, -0.2) is 0 Å². The summed E-state index contributed by atoms with van der Waals surface area (Å²) in [5, 5.41) is 4.33. The summed E-state index contributed by atoms with van der Waals surface area (Å²) in [6.07, 6.45) is 3.99. The molecule has 2 rings (SSSR count). The molecule has 0 saturated heterocycles. The van der Waals surface area contributed by atoms with E-state index in [1.54, 1.807) is 0 Å². The van der Waals surface area contributed by atoms with Crippen molar-refractivity contribution in [1.29, 1.82) is 0 Å². The Balaban J connectivity index is 1.94. The molecule has 1 aromatic rings. The van der Waals surface area contributed by atoms with Crippen LogP contribution in [0, 0.1) is 0 Å². The van der Waals surface area contributed by atoms with Crippen LogP contribution in [0.4, 0.5) is 0 Å². The first-order valence-electron chi connectivity index (χ1n) is 4.93. The van der Waals surface area contributed by atoms with Gasteiger partial charge in [-0.2, -0.15) is 0 Å². The van der Waals surface area contributed by atoms with Crippen LogP contribution >= 0.6 is 27.5 Å². The normalized spacial score (nSPS) is 16.7. The van der Waals surface area contributed by atoms with Crippen molar-refractivity contribution in [3.8, 4) is 0 Å². The highest BCUT2D eigenvalue weighted by Crippen LogP contribution is 2.23. The Labute approximate surface area is 98.0 Å². The Morgan fingerprint density at radius 2 is 2.21 bits per heavy atom. The van der Waals surface area contributed by atoms with Crippen molar-refractivity contribution in [2.24, 2.45) is 0 Å². The summed E-state index contributed by atoms with van der Waals surface area (Å²) in [5.74, 6) is 0. The summed E-state index contributed by atoms with van der Waals surface area (Å²) < 4.78 is 1.04. The Morgan fingerprint density at radius 3 is 2.79 bits per heavy atom. The fraction of sp³-hybridized carbons (Fsp3) is 0.455. The van der Waals surface area contributed by atoms with Gasteiger partial charge in [0, 0.05) is 22.1 Å². The second-order valence-corrected chi connectivity index (χ2v) is 5.07. The first kappa shape index (κ1) is 10.5. The standard InChI is InChI=1S/C11H13BrClN/c12-9-5-4-8(11(13)6-9)7-14-10-2-1-3-10/h4-6,10,14H,1-3,7H2. The van der Waals surface area contributed by atoms with E-state index >= 15 is 0 Å². The van der Waals surface area contributed by atoms with E-state index in [1.165, 1.54) is 24.8 Å². The molecule has 1 aliphatic carbocycles. The van der Waals surface area contributed by atoms with Crippen LogP contribution in [0.2, 0.25) is 5.02 Å². The van der Waals surface area contributed by atoms with E-state index in [2.05, 4.69) is 27.3 Å². The van der Waals surface area contributed by atoms with E-state index in [-0.39, 0.29) is 0 Å². The smallest absolute Gasteiger partial charge is 0.0462 e. The lowest BCUT2D eigenvalue weighted by molar-refractivity contribution is 0.338. The van der Waals surface area contributed by atoms with Gasteiger partial charge in [0.1, 0.15) is 0 Å². The van der Waals surface area contributed by atoms with Crippen LogP contribution in [-0.2, 0) is 6.54 Å². The first-order valence-corrected chi connectivity index (χ1v) is 6.10. The second kappa shape index (κ2) is 4.65. The molecule has 0 aliphatic heterocycles. The molecule has 0 aromatic heterocycles. The molecule has 1 nitrogen and oxygen atoms in total. The van der Waals surface area contributed by atoms with Crippen LogP contribution in [0.25, 0.3) is 0 Å². The molecule has 76 valence electrons. The van der Waals surface area contributed by atoms with Gasteiger partial charge < -0.3 is 5.32 Å². The van der Waals surface area contributed by atoms with Gasteiger partial charge >= 0.3 is 0 Å². The van der Waals surface area contributed by atoms with Crippen LogP contribution in [0.1, 0.15) is 24.8 Å². The van der Waals surface area contributed by atoms with E-state index in [9.17, 15) is 0 Å². The quantitative estimate of drug-likeness (QED) is 0.885. The maximum atomic E-state index is 6.10. The van der Waals surface area contributed by atoms with Crippen molar-refractivity contribution >= 4 is 27.5 Å². The third kappa shape index (κ3) is 2.50. The molecule has 0 spiro atoms. The second-order valence-electron chi connectivity index (χ2n) is 3.74. The molecule has 0 amide bonds. The van der Waals surface area contributed by atoms with Crippen molar-refractivity contribution < 1.29 is 0 Å². The molecule has 0 bridgehead atoms. The summed E-state index contributed by atoms with van der Waals surface area (Å²) in [7, 11) is 0. The van der Waals surface area contributed by atoms with Gasteiger partial charge in [0.05, 0.1) is 0 Å². The van der Waals surface area contributed by atoms with E-state index in [1.807, 2.05) is 12.1 Å². The van der Waals surface area contributed by atoms with E-state index < -0.39 is 0 Å².